The average molecular weight is 315 g/mol. The highest BCUT2D eigenvalue weighted by Crippen LogP contribution is 2.26. The molecule has 100 valence electrons. The van der Waals surface area contributed by atoms with Gasteiger partial charge in [-0.05, 0) is 40.8 Å². The molecule has 1 unspecified atom stereocenters. The molecular weight excluding hydrogens is 296 g/mol. The Bertz CT molecular complexity index is 399. The lowest BCUT2D eigenvalue weighted by atomic mass is 9.84. The Hall–Kier alpha value is -0.810. The van der Waals surface area contributed by atoms with E-state index < -0.39 is 0 Å². The Labute approximate surface area is 115 Å². The first kappa shape index (κ1) is 13.6. The van der Waals surface area contributed by atoms with E-state index in [0.29, 0.717) is 22.7 Å². The van der Waals surface area contributed by atoms with Crippen LogP contribution in [-0.2, 0) is 0 Å². The normalized spacial score (nSPS) is 18.6. The van der Waals surface area contributed by atoms with E-state index in [0.717, 1.165) is 12.8 Å². The van der Waals surface area contributed by atoms with Gasteiger partial charge in [-0.2, -0.15) is 0 Å². The smallest absolute Gasteiger partial charge is 0.256 e. The second-order valence-electron chi connectivity index (χ2n) is 4.82. The van der Waals surface area contributed by atoms with Crippen LogP contribution in [0.5, 0.6) is 0 Å². The molecule has 1 saturated carbocycles. The summed E-state index contributed by atoms with van der Waals surface area (Å²) in [7, 11) is 0. The van der Waals surface area contributed by atoms with Gasteiger partial charge in [-0.25, -0.2) is 0 Å². The van der Waals surface area contributed by atoms with E-state index in [-0.39, 0.29) is 11.9 Å². The minimum absolute atomic E-state index is 0.0691. The molecule has 0 radical (unpaired) electrons. The molecule has 1 aliphatic rings. The zero-order valence-corrected chi connectivity index (χ0v) is 11.9. The van der Waals surface area contributed by atoms with Crippen molar-refractivity contribution in [3.8, 4) is 0 Å². The maximum atomic E-state index is 12.1. The number of nitrogens with one attached hydrogen (secondary N) is 1. The molecule has 1 aliphatic carbocycles. The second-order valence-corrected chi connectivity index (χ2v) is 5.54. The molecule has 0 aromatic carbocycles. The van der Waals surface area contributed by atoms with E-state index in [2.05, 4.69) is 21.2 Å². The van der Waals surface area contributed by atoms with Crippen molar-refractivity contribution >= 4 is 21.8 Å². The Morgan fingerprint density at radius 1 is 1.50 bits per heavy atom. The highest BCUT2D eigenvalue weighted by atomic mass is 79.9. The number of halogens is 1. The predicted molar refractivity (Wildman–Crippen MR) is 73.3 cm³/mol. The van der Waals surface area contributed by atoms with Crippen LogP contribution in [0.4, 0.5) is 0 Å². The van der Waals surface area contributed by atoms with Crippen LogP contribution in [0.15, 0.2) is 21.4 Å². The van der Waals surface area contributed by atoms with E-state index >= 15 is 0 Å². The Kier molecular flexibility index (Phi) is 4.83. The van der Waals surface area contributed by atoms with Crippen LogP contribution >= 0.6 is 15.9 Å². The molecule has 18 heavy (non-hydrogen) atoms. The number of rotatable bonds is 4. The van der Waals surface area contributed by atoms with E-state index in [1.807, 2.05) is 0 Å². The highest BCUT2D eigenvalue weighted by Gasteiger charge is 2.25. The number of amides is 1. The van der Waals surface area contributed by atoms with E-state index in [1.165, 1.54) is 25.5 Å². The van der Waals surface area contributed by atoms with Crippen molar-refractivity contribution in [1.29, 1.82) is 0 Å². The number of nitrogens with two attached hydrogens (primary N) is 1. The largest absolute Gasteiger partial charge is 0.457 e. The predicted octanol–water partition coefficient (Wildman–Crippen LogP) is 2.68. The number of carbonyl (C=O) groups is 1. The van der Waals surface area contributed by atoms with Crippen LogP contribution < -0.4 is 11.1 Å². The van der Waals surface area contributed by atoms with Gasteiger partial charge in [0.25, 0.3) is 5.91 Å². The molecule has 1 atom stereocenters. The van der Waals surface area contributed by atoms with Gasteiger partial charge in [0, 0.05) is 12.6 Å². The quantitative estimate of drug-likeness (QED) is 0.897. The third kappa shape index (κ3) is 3.14. The SMILES string of the molecule is NCC(NC(=O)c1ccoc1Br)C1CCCCC1. The summed E-state index contributed by atoms with van der Waals surface area (Å²) < 4.78 is 5.54. The second kappa shape index (κ2) is 6.38. The molecular formula is C13H19BrN2O2. The van der Waals surface area contributed by atoms with Crippen molar-refractivity contribution in [3.63, 3.8) is 0 Å². The number of hydrogen-bond donors (Lipinski definition) is 2. The van der Waals surface area contributed by atoms with Crippen molar-refractivity contribution in [2.45, 2.75) is 38.1 Å². The summed E-state index contributed by atoms with van der Waals surface area (Å²) >= 11 is 3.22. The van der Waals surface area contributed by atoms with Crippen LogP contribution in [0, 0.1) is 5.92 Å². The van der Waals surface area contributed by atoms with Crippen LogP contribution in [0.25, 0.3) is 0 Å². The summed E-state index contributed by atoms with van der Waals surface area (Å²) in [6.07, 6.45) is 7.61. The summed E-state index contributed by atoms with van der Waals surface area (Å²) in [5.41, 5.74) is 6.33. The van der Waals surface area contributed by atoms with Gasteiger partial charge in [0.2, 0.25) is 0 Å². The molecule has 1 aromatic heterocycles. The maximum Gasteiger partial charge on any atom is 0.256 e. The summed E-state index contributed by atoms with van der Waals surface area (Å²) in [6, 6.07) is 1.73. The number of furan rings is 1. The summed E-state index contributed by atoms with van der Waals surface area (Å²) in [5.74, 6) is 0.398. The van der Waals surface area contributed by atoms with Gasteiger partial charge in [-0.1, -0.05) is 19.3 Å². The Balaban J connectivity index is 1.97. The monoisotopic (exact) mass is 314 g/mol. The highest BCUT2D eigenvalue weighted by molar-refractivity contribution is 9.10. The molecule has 1 fully saturated rings. The Morgan fingerprint density at radius 3 is 2.78 bits per heavy atom. The maximum absolute atomic E-state index is 12.1. The van der Waals surface area contributed by atoms with Crippen molar-refractivity contribution in [3.05, 3.63) is 22.6 Å². The van der Waals surface area contributed by atoms with Gasteiger partial charge in [-0.15, -0.1) is 0 Å². The fourth-order valence-corrected chi connectivity index (χ4v) is 3.03. The Morgan fingerprint density at radius 2 is 2.22 bits per heavy atom. The molecule has 5 heteroatoms. The van der Waals surface area contributed by atoms with Gasteiger partial charge >= 0.3 is 0 Å². The van der Waals surface area contributed by atoms with E-state index in [4.69, 9.17) is 10.2 Å². The van der Waals surface area contributed by atoms with Crippen molar-refractivity contribution in [2.24, 2.45) is 11.7 Å². The molecule has 0 bridgehead atoms. The fourth-order valence-electron chi connectivity index (χ4n) is 2.61. The van der Waals surface area contributed by atoms with Crippen LogP contribution in [-0.4, -0.2) is 18.5 Å². The van der Waals surface area contributed by atoms with Gasteiger partial charge in [-0.3, -0.25) is 4.79 Å². The lowest BCUT2D eigenvalue weighted by molar-refractivity contribution is 0.0914. The molecule has 4 nitrogen and oxygen atoms in total. The van der Waals surface area contributed by atoms with Gasteiger partial charge in [0.15, 0.2) is 4.67 Å². The fraction of sp³-hybridized carbons (Fsp3) is 0.615. The zero-order valence-electron chi connectivity index (χ0n) is 10.3. The standard InChI is InChI=1S/C13H19BrN2O2/c14-12-10(6-7-18-12)13(17)16-11(8-15)9-4-2-1-3-5-9/h6-7,9,11H,1-5,8,15H2,(H,16,17). The number of hydrogen-bond acceptors (Lipinski definition) is 3. The average Bonchev–Trinajstić information content (AvgIpc) is 2.83. The van der Waals surface area contributed by atoms with Gasteiger partial charge in [0.05, 0.1) is 11.8 Å². The first-order chi connectivity index (χ1) is 8.72. The lowest BCUT2D eigenvalue weighted by Crippen LogP contribution is -2.45. The summed E-state index contributed by atoms with van der Waals surface area (Å²) in [6.45, 7) is 0.492. The van der Waals surface area contributed by atoms with E-state index in [9.17, 15) is 4.79 Å². The number of carbonyl (C=O) groups excluding carboxylic acids is 1. The molecule has 3 N–H and O–H groups in total. The molecule has 2 rings (SSSR count). The van der Waals surface area contributed by atoms with Crippen LogP contribution in [0.1, 0.15) is 42.5 Å². The first-order valence-corrected chi connectivity index (χ1v) is 7.25. The summed E-state index contributed by atoms with van der Waals surface area (Å²) in [4.78, 5) is 12.1. The van der Waals surface area contributed by atoms with Gasteiger partial charge < -0.3 is 15.5 Å². The van der Waals surface area contributed by atoms with Crippen LogP contribution in [0.3, 0.4) is 0 Å². The topological polar surface area (TPSA) is 68.3 Å². The third-order valence-electron chi connectivity index (χ3n) is 3.65. The molecule has 1 amide bonds. The van der Waals surface area contributed by atoms with E-state index in [1.54, 1.807) is 6.07 Å². The third-order valence-corrected chi connectivity index (χ3v) is 4.27. The molecule has 0 aliphatic heterocycles. The van der Waals surface area contributed by atoms with Crippen molar-refractivity contribution in [1.82, 2.24) is 5.32 Å². The zero-order chi connectivity index (χ0) is 13.0. The molecule has 1 heterocycles. The first-order valence-electron chi connectivity index (χ1n) is 6.46. The molecule has 0 spiro atoms. The molecule has 1 aromatic rings. The lowest BCUT2D eigenvalue weighted by Gasteiger charge is -2.29. The van der Waals surface area contributed by atoms with Gasteiger partial charge in [0.1, 0.15) is 0 Å². The summed E-state index contributed by atoms with van der Waals surface area (Å²) in [5, 5.41) is 3.03. The minimum Gasteiger partial charge on any atom is -0.457 e. The van der Waals surface area contributed by atoms with Crippen molar-refractivity contribution in [2.75, 3.05) is 6.54 Å². The minimum atomic E-state index is -0.114. The van der Waals surface area contributed by atoms with Crippen molar-refractivity contribution < 1.29 is 9.21 Å². The van der Waals surface area contributed by atoms with Crippen LogP contribution in [0.2, 0.25) is 0 Å². The molecule has 0 saturated heterocycles.